The Labute approximate surface area is 114 Å². The third kappa shape index (κ3) is 3.38. The van der Waals surface area contributed by atoms with E-state index in [4.69, 9.17) is 14.9 Å². The van der Waals surface area contributed by atoms with Crippen LogP contribution in [0.2, 0.25) is 0 Å². The van der Waals surface area contributed by atoms with Crippen molar-refractivity contribution in [1.29, 1.82) is 0 Å². The van der Waals surface area contributed by atoms with E-state index in [1.165, 1.54) is 0 Å². The van der Waals surface area contributed by atoms with Crippen LogP contribution in [0.4, 0.5) is 0 Å². The minimum atomic E-state index is -0.245. The van der Waals surface area contributed by atoms with Crippen LogP contribution in [-0.2, 0) is 6.42 Å². The van der Waals surface area contributed by atoms with Crippen LogP contribution < -0.4 is 10.5 Å². The molecule has 3 heteroatoms. The molecule has 2 rings (SSSR count). The summed E-state index contributed by atoms with van der Waals surface area (Å²) in [5, 5.41) is 0. The molecule has 2 N–H and O–H groups in total. The maximum absolute atomic E-state index is 6.23. The van der Waals surface area contributed by atoms with E-state index in [2.05, 4.69) is 13.8 Å². The molecule has 1 aromatic heterocycles. The van der Waals surface area contributed by atoms with Gasteiger partial charge >= 0.3 is 0 Å². The molecular weight excluding hydrogens is 238 g/mol. The molecule has 1 heterocycles. The van der Waals surface area contributed by atoms with Crippen LogP contribution in [0.25, 0.3) is 0 Å². The number of hydrogen-bond donors (Lipinski definition) is 1. The molecule has 0 aliphatic carbocycles. The summed E-state index contributed by atoms with van der Waals surface area (Å²) >= 11 is 0. The minimum Gasteiger partial charge on any atom is -0.494 e. The summed E-state index contributed by atoms with van der Waals surface area (Å²) in [6.07, 6.45) is 1.88. The van der Waals surface area contributed by atoms with E-state index in [0.717, 1.165) is 42.3 Å². The van der Waals surface area contributed by atoms with Crippen molar-refractivity contribution >= 4 is 0 Å². The largest absolute Gasteiger partial charge is 0.494 e. The van der Waals surface area contributed by atoms with Gasteiger partial charge in [-0.2, -0.15) is 0 Å². The Bertz CT molecular complexity index is 519. The third-order valence-electron chi connectivity index (χ3n) is 3.03. The molecule has 1 unspecified atom stereocenters. The van der Waals surface area contributed by atoms with E-state index in [1.807, 2.05) is 36.4 Å². The number of rotatable bonds is 6. The van der Waals surface area contributed by atoms with Crippen molar-refractivity contribution in [1.82, 2.24) is 0 Å². The van der Waals surface area contributed by atoms with E-state index >= 15 is 0 Å². The van der Waals surface area contributed by atoms with Gasteiger partial charge in [-0.25, -0.2) is 0 Å². The molecule has 0 fully saturated rings. The second-order valence-corrected chi connectivity index (χ2v) is 4.56. The van der Waals surface area contributed by atoms with Crippen molar-refractivity contribution < 1.29 is 9.15 Å². The molecule has 0 bridgehead atoms. The highest BCUT2D eigenvalue weighted by Gasteiger charge is 2.13. The number of aryl methyl sites for hydroxylation is 1. The molecule has 0 aliphatic heterocycles. The standard InChI is InChI=1S/C16H21NO2/c1-3-10-18-14-7-5-6-12(11-14)16(17)15-9-8-13(4-2)19-15/h5-9,11,16H,3-4,10,17H2,1-2H3. The topological polar surface area (TPSA) is 48.4 Å². The van der Waals surface area contributed by atoms with E-state index in [0.29, 0.717) is 0 Å². The first-order valence-electron chi connectivity index (χ1n) is 6.81. The number of benzene rings is 1. The van der Waals surface area contributed by atoms with Crippen LogP contribution >= 0.6 is 0 Å². The van der Waals surface area contributed by atoms with Crippen molar-refractivity contribution in [2.45, 2.75) is 32.7 Å². The first kappa shape index (κ1) is 13.7. The monoisotopic (exact) mass is 259 g/mol. The van der Waals surface area contributed by atoms with Gasteiger partial charge in [-0.1, -0.05) is 26.0 Å². The second-order valence-electron chi connectivity index (χ2n) is 4.56. The summed E-state index contributed by atoms with van der Waals surface area (Å²) in [6, 6.07) is 11.6. The molecule has 0 amide bonds. The molecule has 0 aliphatic rings. The van der Waals surface area contributed by atoms with Crippen molar-refractivity contribution in [3.63, 3.8) is 0 Å². The lowest BCUT2D eigenvalue weighted by molar-refractivity contribution is 0.317. The van der Waals surface area contributed by atoms with Gasteiger partial charge in [0.1, 0.15) is 17.3 Å². The van der Waals surface area contributed by atoms with Gasteiger partial charge in [0, 0.05) is 6.42 Å². The van der Waals surface area contributed by atoms with Crippen LogP contribution in [0.5, 0.6) is 5.75 Å². The Morgan fingerprint density at radius 2 is 2.05 bits per heavy atom. The zero-order chi connectivity index (χ0) is 13.7. The molecule has 19 heavy (non-hydrogen) atoms. The van der Waals surface area contributed by atoms with E-state index in [9.17, 15) is 0 Å². The predicted octanol–water partition coefficient (Wildman–Crippen LogP) is 3.68. The normalized spacial score (nSPS) is 12.4. The van der Waals surface area contributed by atoms with Crippen molar-refractivity contribution in [3.8, 4) is 5.75 Å². The highest BCUT2D eigenvalue weighted by atomic mass is 16.5. The maximum Gasteiger partial charge on any atom is 0.125 e. The lowest BCUT2D eigenvalue weighted by Crippen LogP contribution is -2.11. The van der Waals surface area contributed by atoms with Gasteiger partial charge in [-0.15, -0.1) is 0 Å². The first-order chi connectivity index (χ1) is 9.24. The average Bonchev–Trinajstić information content (AvgIpc) is 2.93. The number of nitrogens with two attached hydrogens (primary N) is 1. The Morgan fingerprint density at radius 3 is 2.74 bits per heavy atom. The fourth-order valence-electron chi connectivity index (χ4n) is 1.93. The number of ether oxygens (including phenoxy) is 1. The highest BCUT2D eigenvalue weighted by molar-refractivity contribution is 5.34. The quantitative estimate of drug-likeness (QED) is 0.860. The van der Waals surface area contributed by atoms with Crippen LogP contribution in [-0.4, -0.2) is 6.61 Å². The van der Waals surface area contributed by atoms with Gasteiger partial charge in [-0.05, 0) is 36.2 Å². The van der Waals surface area contributed by atoms with Crippen LogP contribution in [0.15, 0.2) is 40.8 Å². The van der Waals surface area contributed by atoms with Gasteiger partial charge < -0.3 is 14.9 Å². The molecular formula is C16H21NO2. The number of hydrogen-bond acceptors (Lipinski definition) is 3. The molecule has 3 nitrogen and oxygen atoms in total. The van der Waals surface area contributed by atoms with E-state index in [1.54, 1.807) is 0 Å². The highest BCUT2D eigenvalue weighted by Crippen LogP contribution is 2.25. The smallest absolute Gasteiger partial charge is 0.125 e. The van der Waals surface area contributed by atoms with Crippen LogP contribution in [0.3, 0.4) is 0 Å². The summed E-state index contributed by atoms with van der Waals surface area (Å²) in [7, 11) is 0. The lowest BCUT2D eigenvalue weighted by Gasteiger charge is -2.11. The second kappa shape index (κ2) is 6.43. The van der Waals surface area contributed by atoms with Crippen molar-refractivity contribution in [3.05, 3.63) is 53.5 Å². The van der Waals surface area contributed by atoms with Gasteiger partial charge in [0.15, 0.2) is 0 Å². The summed E-state index contributed by atoms with van der Waals surface area (Å²) in [6.45, 7) is 4.87. The fraction of sp³-hybridized carbons (Fsp3) is 0.375. The fourth-order valence-corrected chi connectivity index (χ4v) is 1.93. The number of furan rings is 1. The molecule has 1 aromatic carbocycles. The van der Waals surface area contributed by atoms with Crippen molar-refractivity contribution in [2.75, 3.05) is 6.61 Å². The zero-order valence-corrected chi connectivity index (χ0v) is 11.6. The Kier molecular flexibility index (Phi) is 4.63. The van der Waals surface area contributed by atoms with Crippen LogP contribution in [0, 0.1) is 0 Å². The zero-order valence-electron chi connectivity index (χ0n) is 11.6. The van der Waals surface area contributed by atoms with Gasteiger partial charge in [-0.3, -0.25) is 0 Å². The average molecular weight is 259 g/mol. The summed E-state index contributed by atoms with van der Waals surface area (Å²) in [5.41, 5.74) is 7.24. The molecule has 0 spiro atoms. The molecule has 102 valence electrons. The molecule has 1 atom stereocenters. The minimum absolute atomic E-state index is 0.245. The Hall–Kier alpha value is -1.74. The van der Waals surface area contributed by atoms with E-state index < -0.39 is 0 Å². The van der Waals surface area contributed by atoms with Gasteiger partial charge in [0.2, 0.25) is 0 Å². The summed E-state index contributed by atoms with van der Waals surface area (Å²) in [4.78, 5) is 0. The summed E-state index contributed by atoms with van der Waals surface area (Å²) < 4.78 is 11.3. The SMILES string of the molecule is CCCOc1cccc(C(N)c2ccc(CC)o2)c1. The molecule has 0 radical (unpaired) electrons. The first-order valence-corrected chi connectivity index (χ1v) is 6.81. The third-order valence-corrected chi connectivity index (χ3v) is 3.03. The molecule has 0 saturated heterocycles. The van der Waals surface area contributed by atoms with E-state index in [-0.39, 0.29) is 6.04 Å². The van der Waals surface area contributed by atoms with Crippen molar-refractivity contribution in [2.24, 2.45) is 5.73 Å². The molecule has 0 saturated carbocycles. The lowest BCUT2D eigenvalue weighted by atomic mass is 10.1. The molecule has 2 aromatic rings. The predicted molar refractivity (Wildman–Crippen MR) is 76.3 cm³/mol. The summed E-state index contributed by atoms with van der Waals surface area (Å²) in [5.74, 6) is 2.62. The Balaban J connectivity index is 2.15. The maximum atomic E-state index is 6.23. The van der Waals surface area contributed by atoms with Crippen LogP contribution in [0.1, 0.15) is 43.4 Å². The van der Waals surface area contributed by atoms with Gasteiger partial charge in [0.25, 0.3) is 0 Å². The van der Waals surface area contributed by atoms with Gasteiger partial charge in [0.05, 0.1) is 12.6 Å². The Morgan fingerprint density at radius 1 is 1.21 bits per heavy atom.